The minimum Gasteiger partial charge on any atom is -0.421 e. The van der Waals surface area contributed by atoms with Crippen molar-refractivity contribution in [1.29, 1.82) is 0 Å². The van der Waals surface area contributed by atoms with Crippen LogP contribution in [0.25, 0.3) is 33.8 Å². The molecule has 3 aliphatic carbocycles. The number of hydrogen-bond donors (Lipinski definition) is 0. The highest BCUT2D eigenvalue weighted by Gasteiger charge is 2.25. The van der Waals surface area contributed by atoms with Crippen LogP contribution in [0.15, 0.2) is 128 Å². The zero-order chi connectivity index (χ0) is 38.5. The molecule has 9 heteroatoms. The molecule has 0 unspecified atom stereocenters. The summed E-state index contributed by atoms with van der Waals surface area (Å²) >= 11 is 0. The second-order valence-corrected chi connectivity index (χ2v) is 14.5. The van der Waals surface area contributed by atoms with E-state index < -0.39 is 17.9 Å². The van der Waals surface area contributed by atoms with Crippen LogP contribution in [-0.2, 0) is 38.5 Å². The number of aromatic nitrogens is 3. The zero-order valence-electron chi connectivity index (χ0n) is 30.7. The maximum absolute atomic E-state index is 13.8. The molecule has 0 aliphatic heterocycles. The van der Waals surface area contributed by atoms with Gasteiger partial charge in [-0.05, 0) is 108 Å². The molecule has 0 bridgehead atoms. The van der Waals surface area contributed by atoms with Gasteiger partial charge in [-0.25, -0.2) is 14.4 Å². The lowest BCUT2D eigenvalue weighted by Gasteiger charge is -2.19. The second-order valence-electron chi connectivity index (χ2n) is 14.5. The van der Waals surface area contributed by atoms with Gasteiger partial charge in [0.2, 0.25) is 0 Å². The van der Waals surface area contributed by atoms with Crippen molar-refractivity contribution < 1.29 is 28.6 Å². The highest BCUT2D eigenvalue weighted by molar-refractivity contribution is 6.02. The first-order chi connectivity index (χ1) is 27.9. The average molecular weight is 748 g/mol. The number of fused-ring (bicyclic) bond motifs is 9. The van der Waals surface area contributed by atoms with Crippen LogP contribution in [0.1, 0.15) is 64.5 Å². The first-order valence-electron chi connectivity index (χ1n) is 19.0. The molecule has 9 nitrogen and oxygen atoms in total. The fraction of sp³-hybridized carbons (Fsp3) is 0.125. The fourth-order valence-corrected chi connectivity index (χ4v) is 8.13. The molecular formula is C48H33N3O6. The molecule has 7 aromatic rings. The Kier molecular flexibility index (Phi) is 8.48. The van der Waals surface area contributed by atoms with E-state index in [0.717, 1.165) is 89.0 Å². The number of esters is 3. The molecule has 0 saturated carbocycles. The lowest BCUT2D eigenvalue weighted by molar-refractivity contribution is 0.0734. The van der Waals surface area contributed by atoms with Crippen molar-refractivity contribution in [1.82, 2.24) is 15.0 Å². The van der Waals surface area contributed by atoms with Gasteiger partial charge < -0.3 is 14.2 Å². The molecule has 3 aromatic heterocycles. The maximum atomic E-state index is 13.8. The number of pyridine rings is 3. The summed E-state index contributed by atoms with van der Waals surface area (Å²) in [4.78, 5) is 55.3. The average Bonchev–Trinajstić information content (AvgIpc) is 3.25. The van der Waals surface area contributed by atoms with Gasteiger partial charge >= 0.3 is 17.9 Å². The van der Waals surface area contributed by atoms with Crippen LogP contribution >= 0.6 is 0 Å². The van der Waals surface area contributed by atoms with E-state index in [1.54, 1.807) is 0 Å². The van der Waals surface area contributed by atoms with Gasteiger partial charge in [-0.15, -0.1) is 0 Å². The van der Waals surface area contributed by atoms with E-state index in [1.165, 1.54) is 53.5 Å². The molecule has 0 fully saturated rings. The van der Waals surface area contributed by atoms with Crippen LogP contribution in [-0.4, -0.2) is 32.9 Å². The minimum absolute atomic E-state index is 0.0418. The predicted octanol–water partition coefficient (Wildman–Crippen LogP) is 8.83. The fourth-order valence-electron chi connectivity index (χ4n) is 8.13. The number of rotatable bonds is 6. The van der Waals surface area contributed by atoms with Crippen LogP contribution in [0.3, 0.4) is 0 Å². The Morgan fingerprint density at radius 2 is 0.649 bits per heavy atom. The van der Waals surface area contributed by atoms with E-state index in [0.29, 0.717) is 0 Å². The smallest absolute Gasteiger partial charge is 0.343 e. The lowest BCUT2D eigenvalue weighted by Crippen LogP contribution is -2.17. The van der Waals surface area contributed by atoms with Crippen LogP contribution in [0.4, 0.5) is 0 Å². The third kappa shape index (κ3) is 6.53. The molecule has 10 rings (SSSR count). The summed E-state index contributed by atoms with van der Waals surface area (Å²) in [5.41, 5.74) is 12.2. The van der Waals surface area contributed by atoms with E-state index in [2.05, 4.69) is 33.2 Å². The Morgan fingerprint density at radius 1 is 0.368 bits per heavy atom. The third-order valence-corrected chi connectivity index (χ3v) is 10.9. The quantitative estimate of drug-likeness (QED) is 0.154. The Morgan fingerprint density at radius 3 is 0.965 bits per heavy atom. The Hall–Kier alpha value is -7.26. The number of benzene rings is 4. The second kappa shape index (κ2) is 14.1. The standard InChI is InChI=1S/C48H33N3O6/c52-46(55-37-22-31-16-13-28-7-1-4-10-40(28)43(31)49-25-37)34-19-35(47(53)56-38-23-32-17-14-29-8-2-5-11-41(29)44(32)50-26-38)21-36(20-34)48(54)57-39-24-33-18-15-30-9-3-6-12-42(30)45(33)51-27-39/h1-12,19-27H,13-18H2. The summed E-state index contributed by atoms with van der Waals surface area (Å²) in [6.45, 7) is 0. The van der Waals surface area contributed by atoms with E-state index in [4.69, 9.17) is 14.2 Å². The summed E-state index contributed by atoms with van der Waals surface area (Å²) < 4.78 is 17.5. The molecular weight excluding hydrogens is 715 g/mol. The van der Waals surface area contributed by atoms with Gasteiger partial charge in [-0.3, -0.25) is 15.0 Å². The molecule has 0 atom stereocenters. The van der Waals surface area contributed by atoms with Crippen LogP contribution < -0.4 is 14.2 Å². The number of aryl methyl sites for hydroxylation is 6. The Balaban J connectivity index is 0.946. The molecule has 0 saturated heterocycles. The SMILES string of the molecule is O=C(Oc1cnc2c(c1)CCc1ccccc1-2)c1cc(C(=O)Oc2cnc3c(c2)CCc2ccccc2-3)cc(C(=O)Oc2cnc3c(c2)CCc2ccccc2-3)c1. The number of ether oxygens (including phenoxy) is 3. The van der Waals surface area contributed by atoms with Crippen molar-refractivity contribution in [3.05, 3.63) is 178 Å². The molecule has 0 spiro atoms. The molecule has 3 aliphatic rings. The first kappa shape index (κ1) is 34.2. The van der Waals surface area contributed by atoms with E-state index >= 15 is 0 Å². The van der Waals surface area contributed by atoms with Gasteiger partial charge in [0.05, 0.1) is 52.4 Å². The number of carbonyl (C=O) groups is 3. The van der Waals surface area contributed by atoms with Gasteiger partial charge in [0, 0.05) is 16.7 Å². The summed E-state index contributed by atoms with van der Waals surface area (Å²) in [6.07, 6.45) is 9.30. The monoisotopic (exact) mass is 747 g/mol. The molecule has 4 aromatic carbocycles. The molecule has 0 radical (unpaired) electrons. The maximum Gasteiger partial charge on any atom is 0.343 e. The first-order valence-corrected chi connectivity index (χ1v) is 19.0. The molecule has 3 heterocycles. The van der Waals surface area contributed by atoms with Crippen molar-refractivity contribution in [2.45, 2.75) is 38.5 Å². The summed E-state index contributed by atoms with van der Waals surface area (Å²) in [5.74, 6) is -1.59. The Bertz CT molecular complexity index is 2500. The third-order valence-electron chi connectivity index (χ3n) is 10.9. The molecule has 0 amide bonds. The number of carbonyl (C=O) groups excluding carboxylic acids is 3. The van der Waals surface area contributed by atoms with E-state index in [-0.39, 0.29) is 33.9 Å². The highest BCUT2D eigenvalue weighted by atomic mass is 16.5. The number of nitrogens with zero attached hydrogens (tertiary/aromatic N) is 3. The van der Waals surface area contributed by atoms with Gasteiger partial charge in [-0.1, -0.05) is 72.8 Å². The van der Waals surface area contributed by atoms with E-state index in [9.17, 15) is 14.4 Å². The van der Waals surface area contributed by atoms with Gasteiger partial charge in [0.15, 0.2) is 0 Å². The topological polar surface area (TPSA) is 118 Å². The number of hydrogen-bond acceptors (Lipinski definition) is 9. The predicted molar refractivity (Wildman–Crippen MR) is 213 cm³/mol. The minimum atomic E-state index is -0.778. The van der Waals surface area contributed by atoms with Crippen LogP contribution in [0.5, 0.6) is 17.2 Å². The van der Waals surface area contributed by atoms with Gasteiger partial charge in [0.25, 0.3) is 0 Å². The molecule has 276 valence electrons. The van der Waals surface area contributed by atoms with Crippen LogP contribution in [0, 0.1) is 0 Å². The van der Waals surface area contributed by atoms with Crippen molar-refractivity contribution in [3.63, 3.8) is 0 Å². The van der Waals surface area contributed by atoms with Gasteiger partial charge in [0.1, 0.15) is 17.2 Å². The summed E-state index contributed by atoms with van der Waals surface area (Å²) in [7, 11) is 0. The summed E-state index contributed by atoms with van der Waals surface area (Å²) in [5, 5.41) is 0. The normalized spacial score (nSPS) is 13.1. The Labute approximate surface area is 328 Å². The lowest BCUT2D eigenvalue weighted by atomic mass is 9.89. The van der Waals surface area contributed by atoms with Crippen molar-refractivity contribution >= 4 is 17.9 Å². The summed E-state index contributed by atoms with van der Waals surface area (Å²) in [6, 6.07) is 33.9. The van der Waals surface area contributed by atoms with Gasteiger partial charge in [-0.2, -0.15) is 0 Å². The van der Waals surface area contributed by atoms with Crippen LogP contribution in [0.2, 0.25) is 0 Å². The zero-order valence-corrected chi connectivity index (χ0v) is 30.7. The highest BCUT2D eigenvalue weighted by Crippen LogP contribution is 2.36. The molecule has 0 N–H and O–H groups in total. The molecule has 57 heavy (non-hydrogen) atoms. The van der Waals surface area contributed by atoms with E-state index in [1.807, 2.05) is 72.8 Å². The van der Waals surface area contributed by atoms with Crippen molar-refractivity contribution in [2.75, 3.05) is 0 Å². The van der Waals surface area contributed by atoms with Crippen molar-refractivity contribution in [2.24, 2.45) is 0 Å². The van der Waals surface area contributed by atoms with Crippen molar-refractivity contribution in [3.8, 4) is 51.0 Å². The largest absolute Gasteiger partial charge is 0.421 e.